The third kappa shape index (κ3) is 3.81. The van der Waals surface area contributed by atoms with Crippen molar-refractivity contribution in [2.45, 2.75) is 69.4 Å². The van der Waals surface area contributed by atoms with Crippen LogP contribution in [0.25, 0.3) is 0 Å². The SMILES string of the molecule is COc1c2c(c(O)c3c1C(=O)c1cccc(O)c1C3=O)C(O[C@H]1C[C@H](N)[C@H](O)[C@H](C)O1)C[C@](O)(C(C)=O)C2. The number of aromatic hydroxyl groups is 2. The molecule has 1 saturated heterocycles. The van der Waals surface area contributed by atoms with E-state index in [4.69, 9.17) is 19.9 Å². The Hall–Kier alpha value is -3.35. The van der Waals surface area contributed by atoms with E-state index in [9.17, 15) is 34.8 Å². The minimum absolute atomic E-state index is 0.0579. The second-order valence-electron chi connectivity index (χ2n) is 10.1. The Morgan fingerprint density at radius 2 is 1.87 bits per heavy atom. The van der Waals surface area contributed by atoms with E-state index in [-0.39, 0.29) is 58.4 Å². The predicted octanol–water partition coefficient (Wildman–Crippen LogP) is 1.03. The molecule has 0 spiro atoms. The number of aliphatic hydroxyl groups excluding tert-OH is 1. The first-order chi connectivity index (χ1) is 17.9. The number of benzene rings is 2. The van der Waals surface area contributed by atoms with Crippen LogP contribution in [-0.4, -0.2) is 75.0 Å². The van der Waals surface area contributed by atoms with Crippen molar-refractivity contribution >= 4 is 17.3 Å². The number of carbonyl (C=O) groups is 3. The summed E-state index contributed by atoms with van der Waals surface area (Å²) in [5.41, 5.74) is 3.37. The fraction of sp³-hybridized carbons (Fsp3) is 0.444. The molecular weight excluding hydrogens is 498 g/mol. The van der Waals surface area contributed by atoms with Gasteiger partial charge in [0.2, 0.25) is 5.78 Å². The van der Waals surface area contributed by atoms with Crippen LogP contribution in [0.5, 0.6) is 17.2 Å². The van der Waals surface area contributed by atoms with Gasteiger partial charge in [-0.05, 0) is 19.9 Å². The van der Waals surface area contributed by atoms with E-state index in [2.05, 4.69) is 0 Å². The molecule has 202 valence electrons. The van der Waals surface area contributed by atoms with Gasteiger partial charge in [0, 0.05) is 42.0 Å². The summed E-state index contributed by atoms with van der Waals surface area (Å²) in [5.74, 6) is -3.10. The summed E-state index contributed by atoms with van der Waals surface area (Å²) in [6.07, 6.45) is -4.28. The molecule has 0 aromatic heterocycles. The second-order valence-corrected chi connectivity index (χ2v) is 10.1. The molecule has 11 nitrogen and oxygen atoms in total. The quantitative estimate of drug-likeness (QED) is 0.326. The van der Waals surface area contributed by atoms with Gasteiger partial charge in [-0.2, -0.15) is 0 Å². The first-order valence-electron chi connectivity index (χ1n) is 12.2. The van der Waals surface area contributed by atoms with E-state index in [1.165, 1.54) is 32.2 Å². The molecule has 2 aromatic rings. The highest BCUT2D eigenvalue weighted by Crippen LogP contribution is 2.52. The highest BCUT2D eigenvalue weighted by Gasteiger charge is 2.49. The summed E-state index contributed by atoms with van der Waals surface area (Å²) in [6.45, 7) is 2.83. The van der Waals surface area contributed by atoms with Gasteiger partial charge in [-0.3, -0.25) is 14.4 Å². The number of carbonyl (C=O) groups excluding carboxylic acids is 3. The van der Waals surface area contributed by atoms with Gasteiger partial charge in [-0.25, -0.2) is 0 Å². The van der Waals surface area contributed by atoms with Crippen molar-refractivity contribution in [1.29, 1.82) is 0 Å². The molecule has 1 fully saturated rings. The molecule has 5 rings (SSSR count). The Balaban J connectivity index is 1.71. The number of ether oxygens (including phenoxy) is 3. The molecule has 0 amide bonds. The zero-order valence-electron chi connectivity index (χ0n) is 21.1. The van der Waals surface area contributed by atoms with Crippen molar-refractivity contribution in [3.63, 3.8) is 0 Å². The third-order valence-corrected chi connectivity index (χ3v) is 7.78. The average Bonchev–Trinajstić information content (AvgIpc) is 2.85. The summed E-state index contributed by atoms with van der Waals surface area (Å²) in [5, 5.41) is 43.3. The molecule has 1 aliphatic heterocycles. The molecule has 0 saturated carbocycles. The highest BCUT2D eigenvalue weighted by atomic mass is 16.7. The number of ketones is 3. The molecule has 2 aromatic carbocycles. The van der Waals surface area contributed by atoms with E-state index >= 15 is 0 Å². The summed E-state index contributed by atoms with van der Waals surface area (Å²) in [7, 11) is 1.27. The lowest BCUT2D eigenvalue weighted by molar-refractivity contribution is -0.247. The number of aliphatic hydroxyl groups is 2. The Bertz CT molecular complexity index is 1360. The van der Waals surface area contributed by atoms with Crippen LogP contribution in [-0.2, 0) is 20.7 Å². The molecule has 3 aliphatic rings. The van der Waals surface area contributed by atoms with E-state index < -0.39 is 65.1 Å². The maximum atomic E-state index is 13.6. The Labute approximate surface area is 217 Å². The van der Waals surface area contributed by atoms with Gasteiger partial charge < -0.3 is 40.4 Å². The predicted molar refractivity (Wildman–Crippen MR) is 130 cm³/mol. The van der Waals surface area contributed by atoms with Gasteiger partial charge in [-0.1, -0.05) is 12.1 Å². The molecule has 38 heavy (non-hydrogen) atoms. The monoisotopic (exact) mass is 527 g/mol. The molecule has 0 bridgehead atoms. The van der Waals surface area contributed by atoms with Crippen LogP contribution in [0.2, 0.25) is 0 Å². The van der Waals surface area contributed by atoms with Gasteiger partial charge >= 0.3 is 0 Å². The highest BCUT2D eigenvalue weighted by molar-refractivity contribution is 6.31. The number of phenols is 2. The van der Waals surface area contributed by atoms with E-state index in [0.717, 1.165) is 0 Å². The van der Waals surface area contributed by atoms with Crippen molar-refractivity contribution < 1.29 is 49.0 Å². The van der Waals surface area contributed by atoms with Crippen molar-refractivity contribution in [2.24, 2.45) is 5.73 Å². The van der Waals surface area contributed by atoms with Gasteiger partial charge in [-0.15, -0.1) is 0 Å². The van der Waals surface area contributed by atoms with Gasteiger partial charge in [0.15, 0.2) is 17.9 Å². The van der Waals surface area contributed by atoms with Crippen molar-refractivity contribution in [1.82, 2.24) is 0 Å². The van der Waals surface area contributed by atoms with Crippen LogP contribution >= 0.6 is 0 Å². The summed E-state index contributed by atoms with van der Waals surface area (Å²) in [4.78, 5) is 39.7. The number of rotatable bonds is 4. The van der Waals surface area contributed by atoms with E-state index in [1.807, 2.05) is 0 Å². The molecule has 6 N–H and O–H groups in total. The lowest BCUT2D eigenvalue weighted by Gasteiger charge is -2.42. The summed E-state index contributed by atoms with van der Waals surface area (Å²) >= 11 is 0. The Morgan fingerprint density at radius 3 is 2.50 bits per heavy atom. The van der Waals surface area contributed by atoms with Crippen molar-refractivity contribution in [3.8, 4) is 17.2 Å². The fourth-order valence-corrected chi connectivity index (χ4v) is 5.71. The number of methoxy groups -OCH3 is 1. The lowest BCUT2D eigenvalue weighted by atomic mass is 9.72. The Kier molecular flexibility index (Phi) is 6.32. The molecule has 6 atom stereocenters. The number of nitrogens with two attached hydrogens (primary N) is 1. The lowest BCUT2D eigenvalue weighted by Crippen LogP contribution is -2.52. The zero-order chi connectivity index (χ0) is 27.7. The van der Waals surface area contributed by atoms with Crippen LogP contribution in [0, 0.1) is 0 Å². The minimum Gasteiger partial charge on any atom is -0.507 e. The smallest absolute Gasteiger partial charge is 0.202 e. The van der Waals surface area contributed by atoms with Gasteiger partial charge in [0.05, 0.1) is 42.1 Å². The maximum Gasteiger partial charge on any atom is 0.202 e. The number of fused-ring (bicyclic) bond motifs is 3. The number of phenolic OH excluding ortho intramolecular Hbond substituents is 2. The van der Waals surface area contributed by atoms with Crippen LogP contribution in [0.1, 0.15) is 75.8 Å². The van der Waals surface area contributed by atoms with Crippen molar-refractivity contribution in [2.75, 3.05) is 7.11 Å². The third-order valence-electron chi connectivity index (χ3n) is 7.78. The number of hydrogen-bond acceptors (Lipinski definition) is 11. The first kappa shape index (κ1) is 26.3. The van der Waals surface area contributed by atoms with Gasteiger partial charge in [0.25, 0.3) is 0 Å². The second kappa shape index (κ2) is 9.14. The average molecular weight is 528 g/mol. The summed E-state index contributed by atoms with van der Waals surface area (Å²) < 4.78 is 17.5. The molecule has 11 heteroatoms. The standard InChI is InChI=1S/C27H29NO10/c1-10-22(31)14(28)7-17(37-10)38-16-9-27(35,11(2)29)8-13-19(16)25(34)20-21(26(13)36-3)23(32)12-5-4-6-15(30)18(12)24(20)33/h4-6,10,14,16-17,22,30-31,34-35H,7-9,28H2,1-3H3/t10-,14-,16?,17-,22+,27-/m0/s1. The molecule has 0 radical (unpaired) electrons. The van der Waals surface area contributed by atoms with Gasteiger partial charge in [0.1, 0.15) is 22.8 Å². The number of hydrogen-bond donors (Lipinski definition) is 5. The molecule has 2 aliphatic carbocycles. The van der Waals surface area contributed by atoms with Crippen LogP contribution in [0.15, 0.2) is 18.2 Å². The fourth-order valence-electron chi connectivity index (χ4n) is 5.71. The molecular formula is C27H29NO10. The minimum atomic E-state index is -1.94. The van der Waals surface area contributed by atoms with Crippen LogP contribution in [0.3, 0.4) is 0 Å². The van der Waals surface area contributed by atoms with E-state index in [1.54, 1.807) is 6.92 Å². The maximum absolute atomic E-state index is 13.6. The molecule has 1 heterocycles. The normalized spacial score (nSPS) is 30.3. The van der Waals surface area contributed by atoms with Crippen LogP contribution in [0.4, 0.5) is 0 Å². The van der Waals surface area contributed by atoms with E-state index in [0.29, 0.717) is 0 Å². The Morgan fingerprint density at radius 1 is 1.16 bits per heavy atom. The number of Topliss-reactive ketones (excluding diaryl/α,β-unsaturated/α-hetero) is 1. The summed E-state index contributed by atoms with van der Waals surface area (Å²) in [6, 6.07) is 3.38. The first-order valence-corrected chi connectivity index (χ1v) is 12.2. The molecule has 1 unspecified atom stereocenters. The largest absolute Gasteiger partial charge is 0.507 e. The van der Waals surface area contributed by atoms with Crippen LogP contribution < -0.4 is 10.5 Å². The van der Waals surface area contributed by atoms with Crippen molar-refractivity contribution in [3.05, 3.63) is 51.6 Å². The zero-order valence-corrected chi connectivity index (χ0v) is 21.1. The topological polar surface area (TPSA) is 186 Å².